The Morgan fingerprint density at radius 1 is 1.50 bits per heavy atom. The monoisotopic (exact) mass is 278 g/mol. The number of aromatic amines is 1. The summed E-state index contributed by atoms with van der Waals surface area (Å²) < 4.78 is 5.52. The Balaban J connectivity index is 1.70. The van der Waals surface area contributed by atoms with Crippen LogP contribution < -0.4 is 0 Å². The standard InChI is InChI=1S/C14H22N4O2/c1-10-11(3-8-20-10)14(19)18-7-6-17(2)12(9-18)13-15-4-5-16-13/h4-5,10-12H,3,6-9H2,1-2H3,(H,15,16)/t10-,11-,12-/m0/s1. The van der Waals surface area contributed by atoms with Gasteiger partial charge in [-0.25, -0.2) is 4.98 Å². The first-order chi connectivity index (χ1) is 9.66. The van der Waals surface area contributed by atoms with Crippen LogP contribution in [0.1, 0.15) is 25.2 Å². The van der Waals surface area contributed by atoms with Gasteiger partial charge in [0.05, 0.1) is 18.1 Å². The third-order valence-electron chi connectivity index (χ3n) is 4.49. The molecule has 3 atom stereocenters. The predicted octanol–water partition coefficient (Wildman–Crippen LogP) is 0.650. The van der Waals surface area contributed by atoms with Gasteiger partial charge in [0.1, 0.15) is 5.82 Å². The number of likely N-dealkylation sites (N-methyl/N-ethyl adjacent to an activating group) is 1. The van der Waals surface area contributed by atoms with E-state index in [0.717, 1.165) is 25.3 Å². The summed E-state index contributed by atoms with van der Waals surface area (Å²) in [4.78, 5) is 24.3. The van der Waals surface area contributed by atoms with Crippen molar-refractivity contribution in [1.29, 1.82) is 0 Å². The lowest BCUT2D eigenvalue weighted by Crippen LogP contribution is -2.51. The molecule has 0 aliphatic carbocycles. The molecule has 1 aromatic heterocycles. The third kappa shape index (κ3) is 2.45. The van der Waals surface area contributed by atoms with Crippen LogP contribution in [0.3, 0.4) is 0 Å². The van der Waals surface area contributed by atoms with Crippen molar-refractivity contribution >= 4 is 5.91 Å². The molecule has 6 nitrogen and oxygen atoms in total. The molecule has 1 N–H and O–H groups in total. The maximum Gasteiger partial charge on any atom is 0.228 e. The minimum Gasteiger partial charge on any atom is -0.378 e. The van der Waals surface area contributed by atoms with Gasteiger partial charge in [0.25, 0.3) is 0 Å². The molecule has 2 aliphatic heterocycles. The highest BCUT2D eigenvalue weighted by Crippen LogP contribution is 2.27. The van der Waals surface area contributed by atoms with E-state index in [1.165, 1.54) is 0 Å². The summed E-state index contributed by atoms with van der Waals surface area (Å²) in [5.41, 5.74) is 0. The van der Waals surface area contributed by atoms with Crippen molar-refractivity contribution < 1.29 is 9.53 Å². The molecule has 2 saturated heterocycles. The number of ether oxygens (including phenoxy) is 1. The number of nitrogens with one attached hydrogen (secondary N) is 1. The first-order valence-corrected chi connectivity index (χ1v) is 7.26. The Hall–Kier alpha value is -1.40. The number of H-pyrrole nitrogens is 1. The zero-order valence-corrected chi connectivity index (χ0v) is 12.1. The Kier molecular flexibility index (Phi) is 3.76. The number of amides is 1. The van der Waals surface area contributed by atoms with Crippen LogP contribution in [0.2, 0.25) is 0 Å². The molecule has 0 unspecified atom stereocenters. The predicted molar refractivity (Wildman–Crippen MR) is 74.1 cm³/mol. The number of hydrogen-bond acceptors (Lipinski definition) is 4. The molecule has 1 aromatic rings. The Labute approximate surface area is 119 Å². The fraction of sp³-hybridized carbons (Fsp3) is 0.714. The smallest absolute Gasteiger partial charge is 0.228 e. The van der Waals surface area contributed by atoms with Crippen LogP contribution in [0.25, 0.3) is 0 Å². The van der Waals surface area contributed by atoms with E-state index >= 15 is 0 Å². The highest BCUT2D eigenvalue weighted by molar-refractivity contribution is 5.79. The van der Waals surface area contributed by atoms with Crippen LogP contribution >= 0.6 is 0 Å². The van der Waals surface area contributed by atoms with Crippen molar-refractivity contribution in [3.8, 4) is 0 Å². The number of aromatic nitrogens is 2. The summed E-state index contributed by atoms with van der Waals surface area (Å²) in [7, 11) is 2.08. The largest absolute Gasteiger partial charge is 0.378 e. The molecular formula is C14H22N4O2. The summed E-state index contributed by atoms with van der Waals surface area (Å²) in [6.45, 7) is 5.06. The van der Waals surface area contributed by atoms with Gasteiger partial charge in [0.15, 0.2) is 0 Å². The average molecular weight is 278 g/mol. The average Bonchev–Trinajstić information content (AvgIpc) is 3.09. The maximum atomic E-state index is 12.6. The van der Waals surface area contributed by atoms with Gasteiger partial charge in [-0.05, 0) is 20.4 Å². The molecule has 0 saturated carbocycles. The SMILES string of the molecule is C[C@@H]1OCC[C@@H]1C(=O)N1CCN(C)[C@H](c2ncc[nH]2)C1. The second-order valence-corrected chi connectivity index (χ2v) is 5.73. The number of nitrogens with zero attached hydrogens (tertiary/aromatic N) is 3. The van der Waals surface area contributed by atoms with E-state index in [4.69, 9.17) is 4.74 Å². The Bertz CT molecular complexity index is 462. The number of hydrogen-bond donors (Lipinski definition) is 1. The highest BCUT2D eigenvalue weighted by atomic mass is 16.5. The summed E-state index contributed by atoms with van der Waals surface area (Å²) in [6, 6.07) is 0.153. The van der Waals surface area contributed by atoms with Gasteiger partial charge in [-0.1, -0.05) is 0 Å². The summed E-state index contributed by atoms with van der Waals surface area (Å²) in [6.07, 6.45) is 4.48. The van der Waals surface area contributed by atoms with E-state index in [2.05, 4.69) is 21.9 Å². The molecule has 1 amide bonds. The van der Waals surface area contributed by atoms with Crippen molar-refractivity contribution in [2.24, 2.45) is 5.92 Å². The molecule has 2 aliphatic rings. The van der Waals surface area contributed by atoms with E-state index in [1.807, 2.05) is 18.0 Å². The molecule has 20 heavy (non-hydrogen) atoms. The van der Waals surface area contributed by atoms with Gasteiger partial charge in [-0.15, -0.1) is 0 Å². The fourth-order valence-electron chi connectivity index (χ4n) is 3.12. The van der Waals surface area contributed by atoms with Crippen LogP contribution in [-0.2, 0) is 9.53 Å². The van der Waals surface area contributed by atoms with Crippen LogP contribution in [0.15, 0.2) is 12.4 Å². The topological polar surface area (TPSA) is 61.5 Å². The van der Waals surface area contributed by atoms with Crippen molar-refractivity contribution in [2.75, 3.05) is 33.3 Å². The van der Waals surface area contributed by atoms with E-state index < -0.39 is 0 Å². The first-order valence-electron chi connectivity index (χ1n) is 7.26. The fourth-order valence-corrected chi connectivity index (χ4v) is 3.12. The highest BCUT2D eigenvalue weighted by Gasteiger charge is 2.37. The number of carbonyl (C=O) groups excluding carboxylic acids is 1. The van der Waals surface area contributed by atoms with Gasteiger partial charge in [0, 0.05) is 38.6 Å². The molecule has 2 fully saturated rings. The summed E-state index contributed by atoms with van der Waals surface area (Å²) >= 11 is 0. The maximum absolute atomic E-state index is 12.6. The molecule has 3 heterocycles. The van der Waals surface area contributed by atoms with E-state index in [1.54, 1.807) is 6.20 Å². The molecular weight excluding hydrogens is 256 g/mol. The zero-order valence-electron chi connectivity index (χ0n) is 12.1. The van der Waals surface area contributed by atoms with Crippen molar-refractivity contribution in [1.82, 2.24) is 19.8 Å². The van der Waals surface area contributed by atoms with Crippen molar-refractivity contribution in [3.05, 3.63) is 18.2 Å². The number of carbonyl (C=O) groups is 1. The zero-order chi connectivity index (χ0) is 14.1. The van der Waals surface area contributed by atoms with E-state index in [0.29, 0.717) is 13.2 Å². The molecule has 0 bridgehead atoms. The lowest BCUT2D eigenvalue weighted by molar-refractivity contribution is -0.139. The Morgan fingerprint density at radius 2 is 2.35 bits per heavy atom. The van der Waals surface area contributed by atoms with Crippen LogP contribution in [0.4, 0.5) is 0 Å². The van der Waals surface area contributed by atoms with E-state index in [-0.39, 0.29) is 24.0 Å². The second kappa shape index (κ2) is 5.54. The van der Waals surface area contributed by atoms with Gasteiger partial charge < -0.3 is 14.6 Å². The van der Waals surface area contributed by atoms with Gasteiger partial charge in [-0.3, -0.25) is 9.69 Å². The van der Waals surface area contributed by atoms with Crippen LogP contribution in [0, 0.1) is 5.92 Å². The molecule has 6 heteroatoms. The lowest BCUT2D eigenvalue weighted by atomic mass is 10.00. The van der Waals surface area contributed by atoms with E-state index in [9.17, 15) is 4.79 Å². The number of imidazole rings is 1. The number of piperazine rings is 1. The Morgan fingerprint density at radius 3 is 3.00 bits per heavy atom. The van der Waals surface area contributed by atoms with Crippen LogP contribution in [-0.4, -0.2) is 65.1 Å². The second-order valence-electron chi connectivity index (χ2n) is 5.73. The molecule has 0 aromatic carbocycles. The first kappa shape index (κ1) is 13.6. The quantitative estimate of drug-likeness (QED) is 0.863. The molecule has 110 valence electrons. The lowest BCUT2D eigenvalue weighted by Gasteiger charge is -2.39. The minimum atomic E-state index is 0.0238. The van der Waals surface area contributed by atoms with Gasteiger partial charge in [0.2, 0.25) is 5.91 Å². The number of rotatable bonds is 2. The molecule has 0 radical (unpaired) electrons. The van der Waals surface area contributed by atoms with Gasteiger partial charge in [-0.2, -0.15) is 0 Å². The molecule has 3 rings (SSSR count). The minimum absolute atomic E-state index is 0.0238. The van der Waals surface area contributed by atoms with Crippen molar-refractivity contribution in [3.63, 3.8) is 0 Å². The normalized spacial score (nSPS) is 31.7. The van der Waals surface area contributed by atoms with Crippen molar-refractivity contribution in [2.45, 2.75) is 25.5 Å². The van der Waals surface area contributed by atoms with Gasteiger partial charge >= 0.3 is 0 Å². The summed E-state index contributed by atoms with van der Waals surface area (Å²) in [5, 5.41) is 0. The third-order valence-corrected chi connectivity index (χ3v) is 4.49. The van der Waals surface area contributed by atoms with Crippen LogP contribution in [0.5, 0.6) is 0 Å². The summed E-state index contributed by atoms with van der Waals surface area (Å²) in [5.74, 6) is 1.19. The molecule has 0 spiro atoms.